The zero-order valence-corrected chi connectivity index (χ0v) is 13.6. The maximum Gasteiger partial charge on any atom is 0.317 e. The van der Waals surface area contributed by atoms with Crippen LogP contribution in [0.5, 0.6) is 0 Å². The lowest BCUT2D eigenvalue weighted by atomic mass is 9.84. The van der Waals surface area contributed by atoms with Gasteiger partial charge in [-0.05, 0) is 25.7 Å². The highest BCUT2D eigenvalue weighted by atomic mass is 16.4. The third kappa shape index (κ3) is 8.18. The van der Waals surface area contributed by atoms with Crippen molar-refractivity contribution in [1.29, 1.82) is 5.26 Å². The number of carbonyl (C=O) groups excluding carboxylic acids is 1. The Kier molecular flexibility index (Phi) is 7.79. The van der Waals surface area contributed by atoms with Gasteiger partial charge in [-0.25, -0.2) is 4.79 Å². The molecular weight excluding hydrogens is 270 g/mol. The van der Waals surface area contributed by atoms with Gasteiger partial charge in [0.2, 0.25) is 0 Å². The van der Waals surface area contributed by atoms with Gasteiger partial charge in [0, 0.05) is 19.1 Å². The van der Waals surface area contributed by atoms with E-state index in [1.54, 1.807) is 4.90 Å². The maximum absolute atomic E-state index is 12.1. The predicted molar refractivity (Wildman–Crippen MR) is 80.7 cm³/mol. The SMILES string of the molecule is CC(C)N(CCC#N)C(=O)NCC(CC(C)(C)C)C(=O)O. The van der Waals surface area contributed by atoms with E-state index in [4.69, 9.17) is 5.26 Å². The van der Waals surface area contributed by atoms with Crippen molar-refractivity contribution in [3.63, 3.8) is 0 Å². The molecule has 0 aromatic rings. The molecule has 21 heavy (non-hydrogen) atoms. The Balaban J connectivity index is 4.60. The summed E-state index contributed by atoms with van der Waals surface area (Å²) in [6, 6.07) is 1.65. The molecule has 2 amide bonds. The van der Waals surface area contributed by atoms with Gasteiger partial charge in [-0.15, -0.1) is 0 Å². The molecule has 0 rings (SSSR count). The van der Waals surface area contributed by atoms with Crippen LogP contribution in [0, 0.1) is 22.7 Å². The first-order valence-corrected chi connectivity index (χ1v) is 7.22. The Morgan fingerprint density at radius 1 is 1.33 bits per heavy atom. The Bertz CT molecular complexity index is 394. The molecule has 0 aliphatic heterocycles. The van der Waals surface area contributed by atoms with Gasteiger partial charge >= 0.3 is 12.0 Å². The quantitative estimate of drug-likeness (QED) is 0.754. The molecule has 0 spiro atoms. The van der Waals surface area contributed by atoms with Crippen molar-refractivity contribution in [2.45, 2.75) is 53.5 Å². The van der Waals surface area contributed by atoms with E-state index in [1.807, 2.05) is 40.7 Å². The molecule has 0 saturated heterocycles. The molecule has 0 saturated carbocycles. The molecule has 0 aliphatic carbocycles. The van der Waals surface area contributed by atoms with Crippen LogP contribution in [0.25, 0.3) is 0 Å². The number of hydrogen-bond acceptors (Lipinski definition) is 3. The number of hydrogen-bond donors (Lipinski definition) is 2. The van der Waals surface area contributed by atoms with Gasteiger partial charge in [0.1, 0.15) is 0 Å². The van der Waals surface area contributed by atoms with Gasteiger partial charge in [-0.2, -0.15) is 5.26 Å². The van der Waals surface area contributed by atoms with Crippen LogP contribution in [0.2, 0.25) is 0 Å². The van der Waals surface area contributed by atoms with Crippen LogP contribution in [0.3, 0.4) is 0 Å². The van der Waals surface area contributed by atoms with E-state index >= 15 is 0 Å². The number of carboxylic acids is 1. The minimum Gasteiger partial charge on any atom is -0.481 e. The molecule has 0 aliphatic rings. The second kappa shape index (κ2) is 8.50. The van der Waals surface area contributed by atoms with Crippen LogP contribution < -0.4 is 5.32 Å². The van der Waals surface area contributed by atoms with Crippen molar-refractivity contribution in [1.82, 2.24) is 10.2 Å². The van der Waals surface area contributed by atoms with Crippen molar-refractivity contribution in [3.8, 4) is 6.07 Å². The molecule has 2 N–H and O–H groups in total. The smallest absolute Gasteiger partial charge is 0.317 e. The maximum atomic E-state index is 12.1. The molecular formula is C15H27N3O3. The molecule has 1 atom stereocenters. The largest absolute Gasteiger partial charge is 0.481 e. The van der Waals surface area contributed by atoms with E-state index < -0.39 is 11.9 Å². The number of carbonyl (C=O) groups is 2. The van der Waals surface area contributed by atoms with Crippen molar-refractivity contribution in [2.24, 2.45) is 11.3 Å². The Morgan fingerprint density at radius 3 is 2.29 bits per heavy atom. The molecule has 0 aromatic heterocycles. The first-order valence-electron chi connectivity index (χ1n) is 7.22. The minimum absolute atomic E-state index is 0.0377. The molecule has 0 heterocycles. The molecule has 0 bridgehead atoms. The molecule has 6 nitrogen and oxygen atoms in total. The fourth-order valence-corrected chi connectivity index (χ4v) is 2.06. The van der Waals surface area contributed by atoms with Gasteiger partial charge < -0.3 is 15.3 Å². The predicted octanol–water partition coefficient (Wildman–Crippen LogP) is 2.46. The van der Waals surface area contributed by atoms with E-state index in [-0.39, 0.29) is 30.5 Å². The monoisotopic (exact) mass is 297 g/mol. The van der Waals surface area contributed by atoms with E-state index in [2.05, 4.69) is 5.32 Å². The summed E-state index contributed by atoms with van der Waals surface area (Å²) >= 11 is 0. The first kappa shape index (κ1) is 19.2. The first-order chi connectivity index (χ1) is 9.58. The normalized spacial score (nSPS) is 12.6. The molecule has 120 valence electrons. The van der Waals surface area contributed by atoms with Gasteiger partial charge in [-0.3, -0.25) is 4.79 Å². The number of carboxylic acid groups (broad SMARTS) is 1. The summed E-state index contributed by atoms with van der Waals surface area (Å²) in [7, 11) is 0. The van der Waals surface area contributed by atoms with Crippen LogP contribution in [0.1, 0.15) is 47.5 Å². The van der Waals surface area contributed by atoms with Crippen LogP contribution >= 0.6 is 0 Å². The summed E-state index contributed by atoms with van der Waals surface area (Å²) in [5.41, 5.74) is -0.119. The number of urea groups is 1. The van der Waals surface area contributed by atoms with E-state index in [1.165, 1.54) is 0 Å². The summed E-state index contributed by atoms with van der Waals surface area (Å²) in [6.07, 6.45) is 0.748. The minimum atomic E-state index is -0.904. The molecule has 0 aromatic carbocycles. The second-order valence-corrected chi connectivity index (χ2v) is 6.68. The number of amides is 2. The summed E-state index contributed by atoms with van der Waals surface area (Å²) in [4.78, 5) is 24.9. The van der Waals surface area contributed by atoms with E-state index in [0.717, 1.165) is 0 Å². The Morgan fingerprint density at radius 2 is 1.90 bits per heavy atom. The van der Waals surface area contributed by atoms with Gasteiger partial charge in [-0.1, -0.05) is 20.8 Å². The lowest BCUT2D eigenvalue weighted by Crippen LogP contribution is -2.46. The lowest BCUT2D eigenvalue weighted by molar-refractivity contribution is -0.142. The number of rotatable bonds is 7. The highest BCUT2D eigenvalue weighted by molar-refractivity contribution is 5.76. The Hall–Kier alpha value is -1.77. The van der Waals surface area contributed by atoms with Crippen molar-refractivity contribution in [2.75, 3.05) is 13.1 Å². The average Bonchev–Trinajstić information content (AvgIpc) is 2.32. The number of aliphatic carboxylic acids is 1. The highest BCUT2D eigenvalue weighted by Gasteiger charge is 2.26. The van der Waals surface area contributed by atoms with Crippen LogP contribution in [0.15, 0.2) is 0 Å². The van der Waals surface area contributed by atoms with Crippen molar-refractivity contribution < 1.29 is 14.7 Å². The fraction of sp³-hybridized carbons (Fsp3) is 0.800. The van der Waals surface area contributed by atoms with Crippen molar-refractivity contribution >= 4 is 12.0 Å². The second-order valence-electron chi connectivity index (χ2n) is 6.68. The van der Waals surface area contributed by atoms with E-state index in [0.29, 0.717) is 13.0 Å². The van der Waals surface area contributed by atoms with Crippen LogP contribution in [-0.2, 0) is 4.79 Å². The zero-order valence-electron chi connectivity index (χ0n) is 13.6. The van der Waals surface area contributed by atoms with Crippen molar-refractivity contribution in [3.05, 3.63) is 0 Å². The van der Waals surface area contributed by atoms with Gasteiger partial charge in [0.05, 0.1) is 18.4 Å². The molecule has 6 heteroatoms. The summed E-state index contributed by atoms with van der Waals surface area (Å²) in [6.45, 7) is 10.1. The van der Waals surface area contributed by atoms with Crippen LogP contribution in [0.4, 0.5) is 4.79 Å². The number of nitriles is 1. The summed E-state index contributed by atoms with van der Waals surface area (Å²) in [5.74, 6) is -1.52. The Labute approximate surface area is 127 Å². The third-order valence-electron chi connectivity index (χ3n) is 3.06. The van der Waals surface area contributed by atoms with Gasteiger partial charge in [0.25, 0.3) is 0 Å². The highest BCUT2D eigenvalue weighted by Crippen LogP contribution is 2.24. The molecule has 0 radical (unpaired) electrons. The number of nitrogens with zero attached hydrogens (tertiary/aromatic N) is 2. The lowest BCUT2D eigenvalue weighted by Gasteiger charge is -2.28. The standard InChI is InChI=1S/C15H27N3O3/c1-11(2)18(8-6-7-16)14(21)17-10-12(13(19)20)9-15(3,4)5/h11-12H,6,8-10H2,1-5H3,(H,17,21)(H,19,20). The summed E-state index contributed by atoms with van der Waals surface area (Å²) < 4.78 is 0. The fourth-order valence-electron chi connectivity index (χ4n) is 2.06. The molecule has 1 unspecified atom stereocenters. The van der Waals surface area contributed by atoms with E-state index in [9.17, 15) is 14.7 Å². The number of nitrogens with one attached hydrogen (secondary N) is 1. The zero-order chi connectivity index (χ0) is 16.6. The third-order valence-corrected chi connectivity index (χ3v) is 3.06. The van der Waals surface area contributed by atoms with Gasteiger partial charge in [0.15, 0.2) is 0 Å². The molecule has 0 fully saturated rings. The topological polar surface area (TPSA) is 93.4 Å². The van der Waals surface area contributed by atoms with Crippen LogP contribution in [-0.4, -0.2) is 41.1 Å². The average molecular weight is 297 g/mol. The summed E-state index contributed by atoms with van der Waals surface area (Å²) in [5, 5.41) is 20.5.